The molecule has 0 radical (unpaired) electrons. The monoisotopic (exact) mass is 324 g/mol. The fourth-order valence-electron chi connectivity index (χ4n) is 2.12. The highest BCUT2D eigenvalue weighted by molar-refractivity contribution is 9.10. The minimum absolute atomic E-state index is 0.298. The van der Waals surface area contributed by atoms with Gasteiger partial charge in [0, 0.05) is 17.6 Å². The zero-order valence-corrected chi connectivity index (χ0v) is 12.0. The molecule has 1 heterocycles. The standard InChI is InChI=1S/C13H13BrN2O3/c1-13(19-6-12(17)18)7-16(8-13)11-4-10(14)3-2-9(11)5-15/h2-4H,6-8H2,1H3,(H,17,18). The van der Waals surface area contributed by atoms with E-state index in [0.29, 0.717) is 18.7 Å². The van der Waals surface area contributed by atoms with Crippen LogP contribution >= 0.6 is 15.9 Å². The van der Waals surface area contributed by atoms with Crippen molar-refractivity contribution < 1.29 is 14.6 Å². The first kappa shape index (κ1) is 13.8. The Morgan fingerprint density at radius 2 is 2.32 bits per heavy atom. The minimum Gasteiger partial charge on any atom is -0.480 e. The molecule has 1 aromatic rings. The van der Waals surface area contributed by atoms with Crippen LogP contribution in [0, 0.1) is 11.3 Å². The van der Waals surface area contributed by atoms with E-state index in [1.54, 1.807) is 6.07 Å². The number of carboxylic acid groups (broad SMARTS) is 1. The molecule has 19 heavy (non-hydrogen) atoms. The number of carboxylic acids is 1. The predicted molar refractivity (Wildman–Crippen MR) is 73.1 cm³/mol. The topological polar surface area (TPSA) is 73.6 Å². The number of nitriles is 1. The van der Waals surface area contributed by atoms with Crippen LogP contribution in [-0.2, 0) is 9.53 Å². The normalized spacial score (nSPS) is 16.6. The first-order chi connectivity index (χ1) is 8.93. The van der Waals surface area contributed by atoms with Crippen LogP contribution in [0.15, 0.2) is 22.7 Å². The lowest BCUT2D eigenvalue weighted by Crippen LogP contribution is -2.62. The summed E-state index contributed by atoms with van der Waals surface area (Å²) in [5.41, 5.74) is 0.977. The second kappa shape index (κ2) is 5.19. The Bertz CT molecular complexity index is 547. The molecule has 0 spiro atoms. The van der Waals surface area contributed by atoms with E-state index < -0.39 is 11.6 Å². The SMILES string of the molecule is CC1(OCC(=O)O)CN(c2cc(Br)ccc2C#N)C1. The van der Waals surface area contributed by atoms with Gasteiger partial charge in [0.25, 0.3) is 0 Å². The molecule has 1 aromatic carbocycles. The number of halogens is 1. The smallest absolute Gasteiger partial charge is 0.329 e. The highest BCUT2D eigenvalue weighted by Gasteiger charge is 2.41. The molecule has 1 aliphatic rings. The van der Waals surface area contributed by atoms with Crippen molar-refractivity contribution in [2.45, 2.75) is 12.5 Å². The van der Waals surface area contributed by atoms with Gasteiger partial charge >= 0.3 is 5.97 Å². The van der Waals surface area contributed by atoms with Gasteiger partial charge in [-0.2, -0.15) is 5.26 Å². The second-order valence-corrected chi connectivity index (χ2v) is 5.68. The van der Waals surface area contributed by atoms with Crippen molar-refractivity contribution in [2.24, 2.45) is 0 Å². The number of ether oxygens (including phenoxy) is 1. The van der Waals surface area contributed by atoms with Gasteiger partial charge in [0.1, 0.15) is 18.3 Å². The molecule has 0 atom stereocenters. The molecule has 1 aliphatic heterocycles. The third-order valence-electron chi connectivity index (χ3n) is 3.02. The number of benzene rings is 1. The Morgan fingerprint density at radius 3 is 2.89 bits per heavy atom. The summed E-state index contributed by atoms with van der Waals surface area (Å²) in [5.74, 6) is -0.972. The van der Waals surface area contributed by atoms with Gasteiger partial charge < -0.3 is 14.7 Å². The molecule has 6 heteroatoms. The maximum atomic E-state index is 10.5. The van der Waals surface area contributed by atoms with Crippen LogP contribution < -0.4 is 4.90 Å². The summed E-state index contributed by atoms with van der Waals surface area (Å²) < 4.78 is 6.25. The lowest BCUT2D eigenvalue weighted by atomic mass is 9.94. The number of nitrogens with zero attached hydrogens (tertiary/aromatic N) is 2. The average Bonchev–Trinajstić information content (AvgIpc) is 2.33. The Hall–Kier alpha value is -1.58. The van der Waals surface area contributed by atoms with Gasteiger partial charge in [0.15, 0.2) is 0 Å². The molecule has 1 N–H and O–H groups in total. The lowest BCUT2D eigenvalue weighted by molar-refractivity contribution is -0.150. The Balaban J connectivity index is 2.06. The summed E-state index contributed by atoms with van der Waals surface area (Å²) in [6.07, 6.45) is 0. The van der Waals surface area contributed by atoms with Crippen molar-refractivity contribution in [3.63, 3.8) is 0 Å². The quantitative estimate of drug-likeness (QED) is 0.917. The van der Waals surface area contributed by atoms with Gasteiger partial charge in [-0.25, -0.2) is 4.79 Å². The molecule has 0 amide bonds. The fourth-order valence-corrected chi connectivity index (χ4v) is 2.47. The van der Waals surface area contributed by atoms with E-state index in [9.17, 15) is 4.79 Å². The molecule has 0 bridgehead atoms. The van der Waals surface area contributed by atoms with E-state index in [1.807, 2.05) is 24.0 Å². The molecule has 1 fully saturated rings. The summed E-state index contributed by atoms with van der Waals surface area (Å²) in [5, 5.41) is 17.7. The number of hydrogen-bond acceptors (Lipinski definition) is 4. The summed E-state index contributed by atoms with van der Waals surface area (Å²) in [4.78, 5) is 12.5. The van der Waals surface area contributed by atoms with Crippen LogP contribution in [0.3, 0.4) is 0 Å². The zero-order chi connectivity index (χ0) is 14.0. The Labute approximate surface area is 119 Å². The molecular weight excluding hydrogens is 312 g/mol. The molecule has 0 saturated carbocycles. The largest absolute Gasteiger partial charge is 0.480 e. The molecule has 1 saturated heterocycles. The first-order valence-electron chi connectivity index (χ1n) is 5.74. The van der Waals surface area contributed by atoms with Crippen molar-refractivity contribution in [1.29, 1.82) is 5.26 Å². The van der Waals surface area contributed by atoms with E-state index >= 15 is 0 Å². The summed E-state index contributed by atoms with van der Waals surface area (Å²) in [7, 11) is 0. The van der Waals surface area contributed by atoms with Gasteiger partial charge in [-0.15, -0.1) is 0 Å². The lowest BCUT2D eigenvalue weighted by Gasteiger charge is -2.48. The van der Waals surface area contributed by atoms with Gasteiger partial charge in [-0.3, -0.25) is 0 Å². The second-order valence-electron chi connectivity index (χ2n) is 4.76. The minimum atomic E-state index is -0.972. The van der Waals surface area contributed by atoms with Crippen LogP contribution in [0.5, 0.6) is 0 Å². The third kappa shape index (κ3) is 3.06. The number of aliphatic carboxylic acids is 1. The van der Waals surface area contributed by atoms with Crippen LogP contribution in [0.1, 0.15) is 12.5 Å². The average molecular weight is 325 g/mol. The van der Waals surface area contributed by atoms with Crippen LogP contribution in [0.25, 0.3) is 0 Å². The van der Waals surface area contributed by atoms with Gasteiger partial charge in [0.2, 0.25) is 0 Å². The van der Waals surface area contributed by atoms with Crippen molar-refractivity contribution in [2.75, 3.05) is 24.6 Å². The van der Waals surface area contributed by atoms with Crippen LogP contribution in [-0.4, -0.2) is 36.4 Å². The number of hydrogen-bond donors (Lipinski definition) is 1. The van der Waals surface area contributed by atoms with E-state index in [1.165, 1.54) is 0 Å². The molecule has 5 nitrogen and oxygen atoms in total. The molecular formula is C13H13BrN2O3. The van der Waals surface area contributed by atoms with Crippen molar-refractivity contribution >= 4 is 27.6 Å². The van der Waals surface area contributed by atoms with E-state index in [4.69, 9.17) is 15.1 Å². The van der Waals surface area contributed by atoms with E-state index in [0.717, 1.165) is 10.2 Å². The van der Waals surface area contributed by atoms with Gasteiger partial charge in [0.05, 0.1) is 11.3 Å². The highest BCUT2D eigenvalue weighted by atomic mass is 79.9. The predicted octanol–water partition coefficient (Wildman–Crippen LogP) is 2.00. The number of carbonyl (C=O) groups is 1. The highest BCUT2D eigenvalue weighted by Crippen LogP contribution is 2.33. The van der Waals surface area contributed by atoms with Crippen molar-refractivity contribution in [1.82, 2.24) is 0 Å². The van der Waals surface area contributed by atoms with Crippen molar-refractivity contribution in [3.8, 4) is 6.07 Å². The van der Waals surface area contributed by atoms with Crippen LogP contribution in [0.2, 0.25) is 0 Å². The third-order valence-corrected chi connectivity index (χ3v) is 3.51. The first-order valence-corrected chi connectivity index (χ1v) is 6.53. The maximum Gasteiger partial charge on any atom is 0.329 e. The number of anilines is 1. The molecule has 100 valence electrons. The van der Waals surface area contributed by atoms with Crippen molar-refractivity contribution in [3.05, 3.63) is 28.2 Å². The molecule has 2 rings (SSSR count). The Kier molecular flexibility index (Phi) is 3.78. The molecule has 0 aromatic heterocycles. The maximum absolute atomic E-state index is 10.5. The van der Waals surface area contributed by atoms with E-state index in [2.05, 4.69) is 22.0 Å². The zero-order valence-electron chi connectivity index (χ0n) is 10.4. The fraction of sp³-hybridized carbons (Fsp3) is 0.385. The van der Waals surface area contributed by atoms with Gasteiger partial charge in [-0.1, -0.05) is 15.9 Å². The van der Waals surface area contributed by atoms with E-state index in [-0.39, 0.29) is 6.61 Å². The number of rotatable bonds is 4. The van der Waals surface area contributed by atoms with Crippen LogP contribution in [0.4, 0.5) is 5.69 Å². The molecule has 0 unspecified atom stereocenters. The summed E-state index contributed by atoms with van der Waals surface area (Å²) in [6.45, 7) is 2.72. The molecule has 0 aliphatic carbocycles. The summed E-state index contributed by atoms with van der Waals surface area (Å²) >= 11 is 3.38. The van der Waals surface area contributed by atoms with Gasteiger partial charge in [-0.05, 0) is 25.1 Å². The summed E-state index contributed by atoms with van der Waals surface area (Å²) in [6, 6.07) is 7.61. The Morgan fingerprint density at radius 1 is 1.63 bits per heavy atom.